The van der Waals surface area contributed by atoms with E-state index in [1.54, 1.807) is 35.2 Å². The van der Waals surface area contributed by atoms with Crippen LogP contribution < -0.4 is 14.9 Å². The number of para-hydroxylation sites is 2. The van der Waals surface area contributed by atoms with Gasteiger partial charge in [-0.3, -0.25) is 9.59 Å². The molecule has 0 atom stereocenters. The van der Waals surface area contributed by atoms with E-state index in [0.29, 0.717) is 29.9 Å². The smallest absolute Gasteiger partial charge is 0.248 e. The molecule has 0 unspecified atom stereocenters. The molecule has 156 valence electrons. The quantitative estimate of drug-likeness (QED) is 0.667. The molecule has 2 aromatic carbocycles. The highest BCUT2D eigenvalue weighted by Gasteiger charge is 2.27. The first-order chi connectivity index (χ1) is 14.4. The first-order valence-electron chi connectivity index (χ1n) is 9.93. The van der Waals surface area contributed by atoms with Crippen molar-refractivity contribution >= 4 is 39.3 Å². The fourth-order valence-electron chi connectivity index (χ4n) is 3.31. The van der Waals surface area contributed by atoms with E-state index in [-0.39, 0.29) is 22.8 Å². The van der Waals surface area contributed by atoms with Crippen molar-refractivity contribution in [3.05, 3.63) is 60.2 Å². The Morgan fingerprint density at radius 1 is 1.07 bits per heavy atom. The SMILES string of the molecule is O=C(/C=C/c1ccc(S(=O)(=O)NC2CC2)cc1)Nc1ccccc1N1CCCC1=O. The molecular formula is C22H23N3O4S. The number of hydrogen-bond donors (Lipinski definition) is 2. The molecule has 0 bridgehead atoms. The molecule has 2 aromatic rings. The minimum atomic E-state index is -3.49. The summed E-state index contributed by atoms with van der Waals surface area (Å²) < 4.78 is 27.0. The van der Waals surface area contributed by atoms with Crippen molar-refractivity contribution in [2.24, 2.45) is 0 Å². The van der Waals surface area contributed by atoms with Gasteiger partial charge in [-0.25, -0.2) is 13.1 Å². The Morgan fingerprint density at radius 3 is 2.47 bits per heavy atom. The van der Waals surface area contributed by atoms with Gasteiger partial charge in [0.25, 0.3) is 0 Å². The van der Waals surface area contributed by atoms with E-state index in [1.165, 1.54) is 18.2 Å². The molecule has 4 rings (SSSR count). The molecule has 1 saturated heterocycles. The van der Waals surface area contributed by atoms with Gasteiger partial charge in [-0.2, -0.15) is 0 Å². The lowest BCUT2D eigenvalue weighted by molar-refractivity contribution is -0.117. The number of carbonyl (C=O) groups excluding carboxylic acids is 2. The van der Waals surface area contributed by atoms with Crippen LogP contribution in [-0.4, -0.2) is 32.8 Å². The maximum atomic E-state index is 12.4. The molecule has 1 saturated carbocycles. The Bertz CT molecular complexity index is 1090. The number of hydrogen-bond acceptors (Lipinski definition) is 4. The Hall–Kier alpha value is -2.97. The minimum Gasteiger partial charge on any atom is -0.321 e. The third-order valence-electron chi connectivity index (χ3n) is 5.04. The maximum absolute atomic E-state index is 12.4. The highest BCUT2D eigenvalue weighted by atomic mass is 32.2. The molecule has 1 aliphatic carbocycles. The van der Waals surface area contributed by atoms with Gasteiger partial charge in [0, 0.05) is 25.1 Å². The van der Waals surface area contributed by atoms with E-state index in [1.807, 2.05) is 12.1 Å². The van der Waals surface area contributed by atoms with E-state index in [9.17, 15) is 18.0 Å². The Morgan fingerprint density at radius 2 is 1.80 bits per heavy atom. The normalized spacial score (nSPS) is 16.9. The summed E-state index contributed by atoms with van der Waals surface area (Å²) in [5.41, 5.74) is 1.98. The average molecular weight is 426 g/mol. The first kappa shape index (κ1) is 20.3. The van der Waals surface area contributed by atoms with E-state index < -0.39 is 10.0 Å². The molecule has 0 spiro atoms. The number of rotatable bonds is 7. The Labute approximate surface area is 175 Å². The summed E-state index contributed by atoms with van der Waals surface area (Å²) in [5.74, 6) is -0.278. The number of sulfonamides is 1. The van der Waals surface area contributed by atoms with Crippen molar-refractivity contribution in [3.8, 4) is 0 Å². The first-order valence-corrected chi connectivity index (χ1v) is 11.4. The maximum Gasteiger partial charge on any atom is 0.248 e. The van der Waals surface area contributed by atoms with Crippen molar-refractivity contribution in [1.29, 1.82) is 0 Å². The highest BCUT2D eigenvalue weighted by Crippen LogP contribution is 2.29. The summed E-state index contributed by atoms with van der Waals surface area (Å²) >= 11 is 0. The van der Waals surface area contributed by atoms with Gasteiger partial charge in [0.15, 0.2) is 0 Å². The van der Waals surface area contributed by atoms with Crippen molar-refractivity contribution in [2.75, 3.05) is 16.8 Å². The zero-order chi connectivity index (χ0) is 21.1. The largest absolute Gasteiger partial charge is 0.321 e. The molecule has 7 nitrogen and oxygen atoms in total. The van der Waals surface area contributed by atoms with Crippen molar-refractivity contribution in [2.45, 2.75) is 36.6 Å². The molecule has 2 fully saturated rings. The predicted molar refractivity (Wildman–Crippen MR) is 115 cm³/mol. The number of benzene rings is 2. The molecule has 2 amide bonds. The van der Waals surface area contributed by atoms with E-state index in [2.05, 4.69) is 10.0 Å². The topological polar surface area (TPSA) is 95.6 Å². The van der Waals surface area contributed by atoms with Crippen LogP contribution in [-0.2, 0) is 19.6 Å². The van der Waals surface area contributed by atoms with E-state index in [0.717, 1.165) is 19.3 Å². The number of nitrogens with zero attached hydrogens (tertiary/aromatic N) is 1. The van der Waals surface area contributed by atoms with Gasteiger partial charge in [-0.1, -0.05) is 24.3 Å². The van der Waals surface area contributed by atoms with Crippen LogP contribution in [0.1, 0.15) is 31.2 Å². The molecule has 2 aliphatic rings. The Kier molecular flexibility index (Phi) is 5.69. The van der Waals surface area contributed by atoms with E-state index in [4.69, 9.17) is 0 Å². The summed E-state index contributed by atoms with van der Waals surface area (Å²) in [6.07, 6.45) is 6.08. The molecule has 0 aromatic heterocycles. The standard InChI is InChI=1S/C22H23N3O4S/c26-21(23-19-4-1-2-5-20(19)25-15-3-6-22(25)27)14-9-16-7-12-18(13-8-16)30(28,29)24-17-10-11-17/h1-2,4-5,7-9,12-14,17,24H,3,6,10-11,15H2,(H,23,26)/b14-9+. The van der Waals surface area contributed by atoms with Gasteiger partial charge in [-0.05, 0) is 55.2 Å². The molecule has 0 radical (unpaired) electrons. The summed E-state index contributed by atoms with van der Waals surface area (Å²) in [6.45, 7) is 0.645. The lowest BCUT2D eigenvalue weighted by atomic mass is 10.2. The van der Waals surface area contributed by atoms with Gasteiger partial charge >= 0.3 is 0 Å². The second kappa shape index (κ2) is 8.41. The van der Waals surface area contributed by atoms with Crippen LogP contribution in [0.15, 0.2) is 59.5 Å². The predicted octanol–water partition coefficient (Wildman–Crippen LogP) is 2.91. The zero-order valence-corrected chi connectivity index (χ0v) is 17.2. The van der Waals surface area contributed by atoms with Crippen LogP contribution in [0.3, 0.4) is 0 Å². The minimum absolute atomic E-state index is 0.0528. The van der Waals surface area contributed by atoms with Gasteiger partial charge < -0.3 is 10.2 Å². The lowest BCUT2D eigenvalue weighted by Gasteiger charge is -2.19. The monoisotopic (exact) mass is 425 g/mol. The van der Waals surface area contributed by atoms with Gasteiger partial charge in [0.05, 0.1) is 16.3 Å². The second-order valence-corrected chi connectivity index (χ2v) is 9.17. The zero-order valence-electron chi connectivity index (χ0n) is 16.4. The van der Waals surface area contributed by atoms with Crippen molar-refractivity contribution in [3.63, 3.8) is 0 Å². The van der Waals surface area contributed by atoms with Crippen LogP contribution in [0.25, 0.3) is 6.08 Å². The number of nitrogens with one attached hydrogen (secondary N) is 2. The molecule has 2 N–H and O–H groups in total. The van der Waals surface area contributed by atoms with Crippen LogP contribution in [0.2, 0.25) is 0 Å². The molecule has 1 aliphatic heterocycles. The fraction of sp³-hybridized carbons (Fsp3) is 0.273. The second-order valence-electron chi connectivity index (χ2n) is 7.45. The summed E-state index contributed by atoms with van der Waals surface area (Å²) in [7, 11) is -3.49. The molecule has 30 heavy (non-hydrogen) atoms. The number of carbonyl (C=O) groups is 2. The third kappa shape index (κ3) is 4.77. The van der Waals surface area contributed by atoms with E-state index >= 15 is 0 Å². The van der Waals surface area contributed by atoms with Crippen LogP contribution in [0.4, 0.5) is 11.4 Å². The number of amides is 2. The van der Waals surface area contributed by atoms with Gasteiger partial charge in [0.1, 0.15) is 0 Å². The number of anilines is 2. The Balaban J connectivity index is 1.41. The van der Waals surface area contributed by atoms with Gasteiger partial charge in [-0.15, -0.1) is 0 Å². The molecule has 1 heterocycles. The van der Waals surface area contributed by atoms with Crippen LogP contribution in [0, 0.1) is 0 Å². The van der Waals surface area contributed by atoms with Crippen molar-refractivity contribution in [1.82, 2.24) is 4.72 Å². The van der Waals surface area contributed by atoms with Crippen LogP contribution >= 0.6 is 0 Å². The van der Waals surface area contributed by atoms with Crippen LogP contribution in [0.5, 0.6) is 0 Å². The summed E-state index contributed by atoms with van der Waals surface area (Å²) in [4.78, 5) is 26.3. The van der Waals surface area contributed by atoms with Crippen molar-refractivity contribution < 1.29 is 18.0 Å². The summed E-state index contributed by atoms with van der Waals surface area (Å²) in [5, 5.41) is 2.82. The lowest BCUT2D eigenvalue weighted by Crippen LogP contribution is -2.25. The van der Waals surface area contributed by atoms with Gasteiger partial charge in [0.2, 0.25) is 21.8 Å². The fourth-order valence-corrected chi connectivity index (χ4v) is 4.62. The molecular weight excluding hydrogens is 402 g/mol. The highest BCUT2D eigenvalue weighted by molar-refractivity contribution is 7.89. The average Bonchev–Trinajstić information content (AvgIpc) is 3.43. The summed E-state index contributed by atoms with van der Waals surface area (Å²) in [6, 6.07) is 13.6. The molecule has 8 heteroatoms. The third-order valence-corrected chi connectivity index (χ3v) is 6.58.